The van der Waals surface area contributed by atoms with Crippen molar-refractivity contribution in [1.82, 2.24) is 4.90 Å². The van der Waals surface area contributed by atoms with E-state index >= 15 is 0 Å². The van der Waals surface area contributed by atoms with E-state index in [0.717, 1.165) is 25.4 Å². The van der Waals surface area contributed by atoms with Crippen LogP contribution in [0.2, 0.25) is 0 Å². The molecule has 2 fully saturated rings. The maximum absolute atomic E-state index is 11.6. The molecule has 0 radical (unpaired) electrons. The number of carbonyl (C=O) groups is 1. The van der Waals surface area contributed by atoms with Gasteiger partial charge in [-0.05, 0) is 24.2 Å². The fourth-order valence-electron chi connectivity index (χ4n) is 1.77. The lowest BCUT2D eigenvalue weighted by molar-refractivity contribution is -0.138. The molecule has 1 heterocycles. The van der Waals surface area contributed by atoms with Gasteiger partial charge in [0.25, 0.3) is 0 Å². The van der Waals surface area contributed by atoms with Gasteiger partial charge < -0.3 is 4.90 Å². The van der Waals surface area contributed by atoms with Crippen molar-refractivity contribution in [3.05, 3.63) is 0 Å². The molecular formula is C10H17NO. The van der Waals surface area contributed by atoms with Gasteiger partial charge in [0.1, 0.15) is 0 Å². The van der Waals surface area contributed by atoms with Crippen molar-refractivity contribution in [2.45, 2.75) is 33.1 Å². The summed E-state index contributed by atoms with van der Waals surface area (Å²) in [6, 6.07) is 0. The highest BCUT2D eigenvalue weighted by Crippen LogP contribution is 2.48. The molecule has 0 aromatic heterocycles. The van der Waals surface area contributed by atoms with Crippen LogP contribution in [0.1, 0.15) is 33.1 Å². The molecule has 1 saturated carbocycles. The van der Waals surface area contributed by atoms with Crippen LogP contribution < -0.4 is 0 Å². The standard InChI is InChI=1S/C10H17NO/c1-8-6-11(7-8)9(12)5-10(2)3-4-10/h8H,3-7H2,1-2H3. The van der Waals surface area contributed by atoms with Gasteiger partial charge in [0.05, 0.1) is 0 Å². The number of rotatable bonds is 2. The molecule has 0 aromatic carbocycles. The summed E-state index contributed by atoms with van der Waals surface area (Å²) in [4.78, 5) is 13.5. The molecule has 2 rings (SSSR count). The second-order valence-electron chi connectivity index (χ2n) is 4.89. The Bertz CT molecular complexity index is 202. The van der Waals surface area contributed by atoms with Crippen molar-refractivity contribution >= 4 is 5.91 Å². The van der Waals surface area contributed by atoms with Crippen LogP contribution in [0.4, 0.5) is 0 Å². The topological polar surface area (TPSA) is 20.3 Å². The number of carbonyl (C=O) groups excluding carboxylic acids is 1. The van der Waals surface area contributed by atoms with Crippen LogP contribution in [0.15, 0.2) is 0 Å². The number of nitrogens with zero attached hydrogens (tertiary/aromatic N) is 1. The Morgan fingerprint density at radius 2 is 2.08 bits per heavy atom. The van der Waals surface area contributed by atoms with Crippen LogP contribution in [-0.2, 0) is 4.79 Å². The van der Waals surface area contributed by atoms with Crippen LogP contribution >= 0.6 is 0 Å². The van der Waals surface area contributed by atoms with Crippen LogP contribution in [0.5, 0.6) is 0 Å². The van der Waals surface area contributed by atoms with E-state index < -0.39 is 0 Å². The molecule has 2 nitrogen and oxygen atoms in total. The predicted molar refractivity (Wildman–Crippen MR) is 47.7 cm³/mol. The number of amides is 1. The summed E-state index contributed by atoms with van der Waals surface area (Å²) in [5.41, 5.74) is 0.385. The molecule has 0 bridgehead atoms. The summed E-state index contributed by atoms with van der Waals surface area (Å²) in [5.74, 6) is 1.12. The molecule has 0 atom stereocenters. The van der Waals surface area contributed by atoms with Crippen LogP contribution in [-0.4, -0.2) is 23.9 Å². The van der Waals surface area contributed by atoms with E-state index in [9.17, 15) is 4.79 Å². The fourth-order valence-corrected chi connectivity index (χ4v) is 1.77. The molecule has 2 heteroatoms. The van der Waals surface area contributed by atoms with E-state index in [1.165, 1.54) is 12.8 Å². The number of likely N-dealkylation sites (tertiary alicyclic amines) is 1. The molecule has 0 aromatic rings. The van der Waals surface area contributed by atoms with Crippen LogP contribution in [0, 0.1) is 11.3 Å². The fraction of sp³-hybridized carbons (Fsp3) is 0.900. The van der Waals surface area contributed by atoms with Crippen molar-refractivity contribution in [1.29, 1.82) is 0 Å². The summed E-state index contributed by atoms with van der Waals surface area (Å²) in [5, 5.41) is 0. The van der Waals surface area contributed by atoms with Crippen molar-refractivity contribution in [3.8, 4) is 0 Å². The van der Waals surface area contributed by atoms with Crippen molar-refractivity contribution < 1.29 is 4.79 Å². The summed E-state index contributed by atoms with van der Waals surface area (Å²) >= 11 is 0. The zero-order valence-electron chi connectivity index (χ0n) is 7.97. The van der Waals surface area contributed by atoms with Gasteiger partial charge in [0.2, 0.25) is 5.91 Å². The van der Waals surface area contributed by atoms with E-state index in [0.29, 0.717) is 11.3 Å². The second kappa shape index (κ2) is 2.48. The highest BCUT2D eigenvalue weighted by molar-refractivity contribution is 5.78. The van der Waals surface area contributed by atoms with Crippen LogP contribution in [0.3, 0.4) is 0 Å². The lowest BCUT2D eigenvalue weighted by Crippen LogP contribution is -2.49. The lowest BCUT2D eigenvalue weighted by Gasteiger charge is -2.37. The first-order chi connectivity index (χ1) is 5.59. The molecule has 12 heavy (non-hydrogen) atoms. The van der Waals surface area contributed by atoms with Gasteiger partial charge in [-0.25, -0.2) is 0 Å². The Hall–Kier alpha value is -0.530. The van der Waals surface area contributed by atoms with Crippen molar-refractivity contribution in [2.24, 2.45) is 11.3 Å². The molecule has 0 unspecified atom stereocenters. The molecule has 0 spiro atoms. The first kappa shape index (κ1) is 8.09. The van der Waals surface area contributed by atoms with Gasteiger partial charge in [0, 0.05) is 19.5 Å². The predicted octanol–water partition coefficient (Wildman–Crippen LogP) is 1.65. The van der Waals surface area contributed by atoms with Crippen LogP contribution in [0.25, 0.3) is 0 Å². The maximum atomic E-state index is 11.6. The zero-order valence-corrected chi connectivity index (χ0v) is 7.97. The highest BCUT2D eigenvalue weighted by atomic mass is 16.2. The minimum Gasteiger partial charge on any atom is -0.342 e. The summed E-state index contributed by atoms with van der Waals surface area (Å²) < 4.78 is 0. The van der Waals surface area contributed by atoms with E-state index in [4.69, 9.17) is 0 Å². The minimum absolute atomic E-state index is 0.383. The molecule has 1 amide bonds. The number of hydrogen-bond acceptors (Lipinski definition) is 1. The average Bonchev–Trinajstić information content (AvgIpc) is 2.61. The third-order valence-corrected chi connectivity index (χ3v) is 3.10. The Morgan fingerprint density at radius 1 is 1.50 bits per heavy atom. The molecule has 0 N–H and O–H groups in total. The third-order valence-electron chi connectivity index (χ3n) is 3.10. The van der Waals surface area contributed by atoms with E-state index in [1.54, 1.807) is 0 Å². The van der Waals surface area contributed by atoms with Crippen molar-refractivity contribution in [3.63, 3.8) is 0 Å². The summed E-state index contributed by atoms with van der Waals surface area (Å²) in [6.45, 7) is 6.40. The molecule has 1 aliphatic heterocycles. The third kappa shape index (κ3) is 1.47. The number of hydrogen-bond donors (Lipinski definition) is 0. The lowest BCUT2D eigenvalue weighted by atomic mass is 9.99. The molecular weight excluding hydrogens is 150 g/mol. The maximum Gasteiger partial charge on any atom is 0.223 e. The van der Waals surface area contributed by atoms with E-state index in [1.807, 2.05) is 4.90 Å². The van der Waals surface area contributed by atoms with Gasteiger partial charge in [-0.3, -0.25) is 4.79 Å². The Labute approximate surface area is 73.9 Å². The molecule has 2 aliphatic rings. The second-order valence-corrected chi connectivity index (χ2v) is 4.89. The molecule has 1 saturated heterocycles. The first-order valence-electron chi connectivity index (χ1n) is 4.87. The Morgan fingerprint density at radius 3 is 2.50 bits per heavy atom. The van der Waals surface area contributed by atoms with Gasteiger partial charge in [0.15, 0.2) is 0 Å². The smallest absolute Gasteiger partial charge is 0.223 e. The van der Waals surface area contributed by atoms with Gasteiger partial charge >= 0.3 is 0 Å². The van der Waals surface area contributed by atoms with Gasteiger partial charge in [-0.15, -0.1) is 0 Å². The van der Waals surface area contributed by atoms with Crippen molar-refractivity contribution in [2.75, 3.05) is 13.1 Å². The SMILES string of the molecule is CC1CN(C(=O)CC2(C)CC2)C1. The largest absolute Gasteiger partial charge is 0.342 e. The first-order valence-corrected chi connectivity index (χ1v) is 4.87. The van der Waals surface area contributed by atoms with Gasteiger partial charge in [-0.1, -0.05) is 13.8 Å². The summed E-state index contributed by atoms with van der Waals surface area (Å²) in [7, 11) is 0. The average molecular weight is 167 g/mol. The Kier molecular flexibility index (Phi) is 1.67. The Balaban J connectivity index is 1.78. The minimum atomic E-state index is 0.383. The monoisotopic (exact) mass is 167 g/mol. The highest BCUT2D eigenvalue weighted by Gasteiger charge is 2.41. The normalized spacial score (nSPS) is 26.7. The van der Waals surface area contributed by atoms with E-state index in [2.05, 4.69) is 13.8 Å². The zero-order chi connectivity index (χ0) is 8.77. The molecule has 1 aliphatic carbocycles. The quantitative estimate of drug-likeness (QED) is 0.612. The summed E-state index contributed by atoms with van der Waals surface area (Å²) in [6.07, 6.45) is 3.30. The van der Waals surface area contributed by atoms with Gasteiger partial charge in [-0.2, -0.15) is 0 Å². The molecule has 68 valence electrons. The van der Waals surface area contributed by atoms with E-state index in [-0.39, 0.29) is 0 Å².